The zero-order valence-corrected chi connectivity index (χ0v) is 12.7. The summed E-state index contributed by atoms with van der Waals surface area (Å²) < 4.78 is 5.49. The minimum absolute atomic E-state index is 0.441. The molecule has 1 unspecified atom stereocenters. The summed E-state index contributed by atoms with van der Waals surface area (Å²) >= 11 is 1.75. The van der Waals surface area contributed by atoms with Crippen molar-refractivity contribution in [2.24, 2.45) is 0 Å². The third kappa shape index (κ3) is 3.11. The maximum atomic E-state index is 10.4. The van der Waals surface area contributed by atoms with E-state index in [1.54, 1.807) is 18.3 Å². The fourth-order valence-corrected chi connectivity index (χ4v) is 3.16. The maximum Gasteiger partial charge on any atom is 0.136 e. The maximum absolute atomic E-state index is 10.4. The summed E-state index contributed by atoms with van der Waals surface area (Å²) in [4.78, 5) is 4.62. The van der Waals surface area contributed by atoms with Crippen LogP contribution in [0.3, 0.4) is 0 Å². The second-order valence-corrected chi connectivity index (χ2v) is 6.63. The molecule has 20 heavy (non-hydrogen) atoms. The summed E-state index contributed by atoms with van der Waals surface area (Å²) in [5.74, 6) is 2.12. The minimum Gasteiger partial charge on any atom is -0.463 e. The molecule has 0 saturated heterocycles. The molecule has 0 spiro atoms. The highest BCUT2D eigenvalue weighted by molar-refractivity contribution is 7.09. The van der Waals surface area contributed by atoms with Gasteiger partial charge >= 0.3 is 0 Å². The van der Waals surface area contributed by atoms with Crippen LogP contribution in [0.25, 0.3) is 0 Å². The highest BCUT2D eigenvalue weighted by atomic mass is 32.1. The van der Waals surface area contributed by atoms with Crippen LogP contribution in [-0.4, -0.2) is 16.6 Å². The number of aromatic nitrogens is 1. The minimum atomic E-state index is -0.996. The van der Waals surface area contributed by atoms with Gasteiger partial charge in [0.1, 0.15) is 17.1 Å². The van der Waals surface area contributed by atoms with Gasteiger partial charge in [0.2, 0.25) is 0 Å². The molecule has 2 N–H and O–H groups in total. The third-order valence-electron chi connectivity index (χ3n) is 3.54. The van der Waals surface area contributed by atoms with E-state index in [0.717, 1.165) is 11.5 Å². The summed E-state index contributed by atoms with van der Waals surface area (Å²) in [6.07, 6.45) is 2.57. The predicted octanol–water partition coefficient (Wildman–Crippen LogP) is 2.92. The van der Waals surface area contributed by atoms with Gasteiger partial charge in [-0.3, -0.25) is 0 Å². The Bertz CT molecular complexity index is 584. The number of aliphatic hydroxyl groups is 1. The lowest BCUT2D eigenvalue weighted by Gasteiger charge is -2.21. The Labute approximate surface area is 122 Å². The zero-order valence-electron chi connectivity index (χ0n) is 11.8. The molecule has 1 aliphatic rings. The fraction of sp³-hybridized carbons (Fsp3) is 0.533. The van der Waals surface area contributed by atoms with E-state index in [-0.39, 0.29) is 0 Å². The van der Waals surface area contributed by atoms with Gasteiger partial charge in [-0.05, 0) is 38.8 Å². The molecule has 1 saturated carbocycles. The van der Waals surface area contributed by atoms with E-state index in [1.165, 1.54) is 17.8 Å². The quantitative estimate of drug-likeness (QED) is 0.859. The molecule has 0 aliphatic heterocycles. The first-order valence-electron chi connectivity index (χ1n) is 6.99. The summed E-state index contributed by atoms with van der Waals surface area (Å²) in [7, 11) is 0. The standard InChI is InChI=1S/C15H20N2O2S/c1-10-3-6-13(19-10)15(2,18)9-16-7-12-8-20-14(17-12)11-4-5-11/h3,6,8,11,16,18H,4-5,7,9H2,1-2H3. The van der Waals surface area contributed by atoms with Crippen LogP contribution in [0.4, 0.5) is 0 Å². The highest BCUT2D eigenvalue weighted by Crippen LogP contribution is 2.41. The van der Waals surface area contributed by atoms with Crippen LogP contribution >= 0.6 is 11.3 Å². The number of rotatable bonds is 6. The molecule has 0 bridgehead atoms. The first-order chi connectivity index (χ1) is 9.54. The lowest BCUT2D eigenvalue weighted by Crippen LogP contribution is -2.34. The van der Waals surface area contributed by atoms with E-state index < -0.39 is 5.60 Å². The van der Waals surface area contributed by atoms with Crippen molar-refractivity contribution in [1.82, 2.24) is 10.3 Å². The van der Waals surface area contributed by atoms with Crippen molar-refractivity contribution in [3.05, 3.63) is 39.7 Å². The molecule has 1 fully saturated rings. The molecular weight excluding hydrogens is 272 g/mol. The van der Waals surface area contributed by atoms with Gasteiger partial charge in [-0.25, -0.2) is 4.98 Å². The Morgan fingerprint density at radius 2 is 2.30 bits per heavy atom. The molecule has 4 nitrogen and oxygen atoms in total. The molecule has 1 atom stereocenters. The number of thiazole rings is 1. The molecule has 0 aromatic carbocycles. The van der Waals surface area contributed by atoms with Crippen LogP contribution in [0.5, 0.6) is 0 Å². The van der Waals surface area contributed by atoms with E-state index in [2.05, 4.69) is 15.7 Å². The average Bonchev–Trinajstić information content (AvgIpc) is 2.97. The molecule has 108 valence electrons. The van der Waals surface area contributed by atoms with Crippen LogP contribution in [0.15, 0.2) is 21.9 Å². The van der Waals surface area contributed by atoms with Crippen molar-refractivity contribution in [1.29, 1.82) is 0 Å². The van der Waals surface area contributed by atoms with E-state index in [4.69, 9.17) is 4.42 Å². The van der Waals surface area contributed by atoms with Crippen molar-refractivity contribution in [3.8, 4) is 0 Å². The Balaban J connectivity index is 1.53. The van der Waals surface area contributed by atoms with Gasteiger partial charge in [0.15, 0.2) is 0 Å². The molecule has 0 amide bonds. The zero-order chi connectivity index (χ0) is 14.2. The Morgan fingerprint density at radius 3 is 2.95 bits per heavy atom. The molecule has 2 aromatic rings. The monoisotopic (exact) mass is 292 g/mol. The largest absolute Gasteiger partial charge is 0.463 e. The summed E-state index contributed by atoms with van der Waals surface area (Å²) in [5, 5.41) is 17.0. The second-order valence-electron chi connectivity index (χ2n) is 5.74. The van der Waals surface area contributed by atoms with Crippen molar-refractivity contribution in [3.63, 3.8) is 0 Å². The molecule has 1 aliphatic carbocycles. The van der Waals surface area contributed by atoms with E-state index in [9.17, 15) is 5.11 Å². The molecule has 3 rings (SSSR count). The fourth-order valence-electron chi connectivity index (χ4n) is 2.17. The first kappa shape index (κ1) is 13.8. The Kier molecular flexibility index (Phi) is 3.67. The third-order valence-corrected chi connectivity index (χ3v) is 4.60. The lowest BCUT2D eigenvalue weighted by molar-refractivity contribution is 0.0332. The van der Waals surface area contributed by atoms with Crippen LogP contribution in [-0.2, 0) is 12.1 Å². The first-order valence-corrected chi connectivity index (χ1v) is 7.87. The normalized spacial score (nSPS) is 18.1. The second kappa shape index (κ2) is 5.31. The average molecular weight is 292 g/mol. The van der Waals surface area contributed by atoms with Gasteiger partial charge in [-0.2, -0.15) is 0 Å². The summed E-state index contributed by atoms with van der Waals surface area (Å²) in [6, 6.07) is 3.69. The molecular formula is C15H20N2O2S. The number of hydrogen-bond donors (Lipinski definition) is 2. The number of nitrogens with zero attached hydrogens (tertiary/aromatic N) is 1. The number of furan rings is 1. The van der Waals surface area contributed by atoms with Crippen LogP contribution in [0.1, 0.15) is 47.9 Å². The molecule has 2 heterocycles. The van der Waals surface area contributed by atoms with Crippen LogP contribution in [0.2, 0.25) is 0 Å². The lowest BCUT2D eigenvalue weighted by atomic mass is 10.0. The van der Waals surface area contributed by atoms with Gasteiger partial charge in [0.05, 0.1) is 10.7 Å². The van der Waals surface area contributed by atoms with Crippen molar-refractivity contribution >= 4 is 11.3 Å². The van der Waals surface area contributed by atoms with Crippen molar-refractivity contribution < 1.29 is 9.52 Å². The Hall–Kier alpha value is -1.17. The van der Waals surface area contributed by atoms with Crippen LogP contribution < -0.4 is 5.32 Å². The Morgan fingerprint density at radius 1 is 1.50 bits per heavy atom. The number of hydrogen-bond acceptors (Lipinski definition) is 5. The predicted molar refractivity (Wildman–Crippen MR) is 78.8 cm³/mol. The SMILES string of the molecule is Cc1ccc(C(C)(O)CNCc2csc(C3CC3)n2)o1. The highest BCUT2D eigenvalue weighted by Gasteiger charge is 2.28. The summed E-state index contributed by atoms with van der Waals surface area (Å²) in [5.41, 5.74) is 0.0622. The van der Waals surface area contributed by atoms with Crippen molar-refractivity contribution in [2.75, 3.05) is 6.54 Å². The topological polar surface area (TPSA) is 58.3 Å². The molecule has 5 heteroatoms. The van der Waals surface area contributed by atoms with Crippen molar-refractivity contribution in [2.45, 2.75) is 44.8 Å². The van der Waals surface area contributed by atoms with Crippen LogP contribution in [0, 0.1) is 6.92 Å². The number of nitrogens with one attached hydrogen (secondary N) is 1. The van der Waals surface area contributed by atoms with Gasteiger partial charge in [0, 0.05) is 24.4 Å². The van der Waals surface area contributed by atoms with Gasteiger partial charge in [-0.15, -0.1) is 11.3 Å². The number of aryl methyl sites for hydroxylation is 1. The van der Waals surface area contributed by atoms with E-state index >= 15 is 0 Å². The van der Waals surface area contributed by atoms with Gasteiger partial charge in [0.25, 0.3) is 0 Å². The smallest absolute Gasteiger partial charge is 0.136 e. The summed E-state index contributed by atoms with van der Waals surface area (Å²) in [6.45, 7) is 4.76. The van der Waals surface area contributed by atoms with Gasteiger partial charge < -0.3 is 14.8 Å². The van der Waals surface area contributed by atoms with E-state index in [1.807, 2.05) is 19.1 Å². The van der Waals surface area contributed by atoms with Gasteiger partial charge in [-0.1, -0.05) is 0 Å². The molecule has 2 aromatic heterocycles. The molecule has 0 radical (unpaired) electrons. The van der Waals surface area contributed by atoms with E-state index in [0.29, 0.717) is 24.8 Å².